The summed E-state index contributed by atoms with van der Waals surface area (Å²) in [5, 5.41) is 20.9. The quantitative estimate of drug-likeness (QED) is 0.891. The number of aromatic nitrogens is 3. The zero-order valence-electron chi connectivity index (χ0n) is 13.1. The van der Waals surface area contributed by atoms with Crippen LogP contribution in [0.4, 0.5) is 0 Å². The van der Waals surface area contributed by atoms with Gasteiger partial charge in [-0.25, -0.2) is 0 Å². The van der Waals surface area contributed by atoms with Gasteiger partial charge >= 0.3 is 0 Å². The zero-order chi connectivity index (χ0) is 15.4. The Balaban J connectivity index is 1.55. The molecule has 22 heavy (non-hydrogen) atoms. The van der Waals surface area contributed by atoms with Crippen molar-refractivity contribution in [2.24, 2.45) is 5.92 Å². The van der Waals surface area contributed by atoms with E-state index in [1.165, 1.54) is 32.1 Å². The van der Waals surface area contributed by atoms with Crippen molar-refractivity contribution in [3.05, 3.63) is 12.2 Å². The van der Waals surface area contributed by atoms with Crippen LogP contribution < -0.4 is 5.32 Å². The molecule has 0 radical (unpaired) electrons. The van der Waals surface area contributed by atoms with E-state index in [4.69, 9.17) is 0 Å². The lowest BCUT2D eigenvalue weighted by atomic mass is 9.87. The van der Waals surface area contributed by atoms with Crippen molar-refractivity contribution in [2.75, 3.05) is 0 Å². The Hall–Kier alpha value is -1.43. The van der Waals surface area contributed by atoms with Crippen molar-refractivity contribution >= 4 is 5.91 Å². The van der Waals surface area contributed by atoms with E-state index in [0.29, 0.717) is 19.0 Å². The number of nitrogens with one attached hydrogen (secondary N) is 1. The predicted molar refractivity (Wildman–Crippen MR) is 82.0 cm³/mol. The smallest absolute Gasteiger partial charge is 0.223 e. The maximum atomic E-state index is 12.2. The van der Waals surface area contributed by atoms with Gasteiger partial charge in [-0.05, 0) is 32.1 Å². The zero-order valence-corrected chi connectivity index (χ0v) is 13.1. The van der Waals surface area contributed by atoms with Crippen LogP contribution in [0.15, 0.2) is 6.33 Å². The highest BCUT2D eigenvalue weighted by atomic mass is 16.3. The highest BCUT2D eigenvalue weighted by Crippen LogP contribution is 2.28. The van der Waals surface area contributed by atoms with Crippen LogP contribution in [0.5, 0.6) is 0 Å². The summed E-state index contributed by atoms with van der Waals surface area (Å²) in [6.45, 7) is 0.432. The highest BCUT2D eigenvalue weighted by molar-refractivity contribution is 5.78. The van der Waals surface area contributed by atoms with Crippen LogP contribution in [0.1, 0.15) is 69.7 Å². The molecule has 2 atom stereocenters. The molecule has 1 amide bonds. The third-order valence-electron chi connectivity index (χ3n) is 5.05. The van der Waals surface area contributed by atoms with Gasteiger partial charge in [0.15, 0.2) is 5.82 Å². The Kier molecular flexibility index (Phi) is 5.08. The van der Waals surface area contributed by atoms with E-state index < -0.39 is 0 Å². The van der Waals surface area contributed by atoms with Gasteiger partial charge in [-0.3, -0.25) is 4.79 Å². The summed E-state index contributed by atoms with van der Waals surface area (Å²) in [5.41, 5.74) is 0. The maximum Gasteiger partial charge on any atom is 0.223 e. The normalized spacial score (nSPS) is 26.8. The summed E-state index contributed by atoms with van der Waals surface area (Å²) in [5.74, 6) is 0.823. The molecule has 2 fully saturated rings. The fourth-order valence-corrected chi connectivity index (χ4v) is 3.77. The predicted octanol–water partition coefficient (Wildman–Crippen LogP) is 1.95. The van der Waals surface area contributed by atoms with Crippen molar-refractivity contribution in [2.45, 2.75) is 76.5 Å². The van der Waals surface area contributed by atoms with E-state index in [2.05, 4.69) is 20.1 Å². The molecule has 122 valence electrons. The Morgan fingerprint density at radius 3 is 2.82 bits per heavy atom. The Morgan fingerprint density at radius 2 is 2.05 bits per heavy atom. The fraction of sp³-hybridized carbons (Fsp3) is 0.812. The van der Waals surface area contributed by atoms with Crippen LogP contribution in [0.2, 0.25) is 0 Å². The molecule has 1 heterocycles. The molecule has 6 heteroatoms. The SMILES string of the molecule is O=C(NCc1nncn1C1CCCCC1)[C@H]1CCC[C@@H](O)C1. The molecular formula is C16H26N4O2. The van der Waals surface area contributed by atoms with E-state index in [1.807, 2.05) is 0 Å². The first-order valence-corrected chi connectivity index (χ1v) is 8.58. The van der Waals surface area contributed by atoms with E-state index in [0.717, 1.165) is 25.1 Å². The van der Waals surface area contributed by atoms with Crippen molar-refractivity contribution in [3.63, 3.8) is 0 Å². The highest BCUT2D eigenvalue weighted by Gasteiger charge is 2.26. The lowest BCUT2D eigenvalue weighted by Crippen LogP contribution is -2.35. The van der Waals surface area contributed by atoms with Crippen LogP contribution in [0, 0.1) is 5.92 Å². The molecule has 3 rings (SSSR count). The molecule has 1 aromatic rings. The largest absolute Gasteiger partial charge is 0.393 e. The first kappa shape index (κ1) is 15.5. The van der Waals surface area contributed by atoms with Gasteiger partial charge in [0, 0.05) is 12.0 Å². The molecule has 0 aromatic carbocycles. The minimum absolute atomic E-state index is 0.0388. The van der Waals surface area contributed by atoms with E-state index >= 15 is 0 Å². The number of rotatable bonds is 4. The average molecular weight is 306 g/mol. The van der Waals surface area contributed by atoms with Crippen LogP contribution in [0.3, 0.4) is 0 Å². The first-order chi connectivity index (χ1) is 10.7. The van der Waals surface area contributed by atoms with E-state index in [-0.39, 0.29) is 17.9 Å². The summed E-state index contributed by atoms with van der Waals surface area (Å²) in [6, 6.07) is 0.479. The monoisotopic (exact) mass is 306 g/mol. The number of aliphatic hydroxyl groups excluding tert-OH is 1. The molecule has 2 N–H and O–H groups in total. The molecule has 0 bridgehead atoms. The minimum Gasteiger partial charge on any atom is -0.393 e. The van der Waals surface area contributed by atoms with Gasteiger partial charge in [0.05, 0.1) is 12.6 Å². The number of hydrogen-bond donors (Lipinski definition) is 2. The number of carbonyl (C=O) groups excluding carboxylic acids is 1. The van der Waals surface area contributed by atoms with Gasteiger partial charge in [-0.1, -0.05) is 25.7 Å². The standard InChI is InChI=1S/C16H26N4O2/c21-14-8-4-5-12(9-14)16(22)17-10-15-19-18-11-20(15)13-6-2-1-3-7-13/h11-14,21H,1-10H2,(H,17,22)/t12-,14+/m0/s1. The Labute approximate surface area is 131 Å². The van der Waals surface area contributed by atoms with Crippen molar-refractivity contribution < 1.29 is 9.90 Å². The Morgan fingerprint density at radius 1 is 1.23 bits per heavy atom. The van der Waals surface area contributed by atoms with Crippen LogP contribution in [-0.4, -0.2) is 31.9 Å². The molecule has 2 aliphatic carbocycles. The lowest BCUT2D eigenvalue weighted by molar-refractivity contribution is -0.127. The second-order valence-corrected chi connectivity index (χ2v) is 6.68. The van der Waals surface area contributed by atoms with E-state index in [9.17, 15) is 9.90 Å². The van der Waals surface area contributed by atoms with Gasteiger partial charge in [0.25, 0.3) is 0 Å². The van der Waals surface area contributed by atoms with Crippen molar-refractivity contribution in [1.82, 2.24) is 20.1 Å². The second-order valence-electron chi connectivity index (χ2n) is 6.68. The molecule has 6 nitrogen and oxygen atoms in total. The number of amides is 1. The first-order valence-electron chi connectivity index (χ1n) is 8.58. The Bertz CT molecular complexity index is 496. The van der Waals surface area contributed by atoms with Gasteiger partial charge in [0.2, 0.25) is 5.91 Å². The summed E-state index contributed by atoms with van der Waals surface area (Å²) >= 11 is 0. The minimum atomic E-state index is -0.324. The topological polar surface area (TPSA) is 80.0 Å². The van der Waals surface area contributed by atoms with Crippen molar-refractivity contribution in [1.29, 1.82) is 0 Å². The number of hydrogen-bond acceptors (Lipinski definition) is 4. The summed E-state index contributed by atoms with van der Waals surface area (Å²) in [4.78, 5) is 12.2. The molecule has 0 unspecified atom stereocenters. The molecule has 2 saturated carbocycles. The fourth-order valence-electron chi connectivity index (χ4n) is 3.77. The molecule has 0 spiro atoms. The van der Waals surface area contributed by atoms with Gasteiger partial charge in [0.1, 0.15) is 6.33 Å². The molecular weight excluding hydrogens is 280 g/mol. The van der Waals surface area contributed by atoms with Crippen LogP contribution in [-0.2, 0) is 11.3 Å². The molecule has 0 saturated heterocycles. The number of aliphatic hydroxyl groups is 1. The summed E-state index contributed by atoms with van der Waals surface area (Å²) < 4.78 is 2.13. The van der Waals surface area contributed by atoms with Gasteiger partial charge in [-0.15, -0.1) is 10.2 Å². The molecule has 1 aromatic heterocycles. The van der Waals surface area contributed by atoms with Gasteiger partial charge in [-0.2, -0.15) is 0 Å². The average Bonchev–Trinajstić information content (AvgIpc) is 3.02. The number of carbonyl (C=O) groups is 1. The third-order valence-corrected chi connectivity index (χ3v) is 5.05. The molecule has 2 aliphatic rings. The van der Waals surface area contributed by atoms with Crippen LogP contribution in [0.25, 0.3) is 0 Å². The number of nitrogens with zero attached hydrogens (tertiary/aromatic N) is 3. The third kappa shape index (κ3) is 3.66. The second kappa shape index (κ2) is 7.22. The lowest BCUT2D eigenvalue weighted by Gasteiger charge is -2.26. The summed E-state index contributed by atoms with van der Waals surface area (Å²) in [7, 11) is 0. The van der Waals surface area contributed by atoms with Gasteiger partial charge < -0.3 is 15.0 Å². The molecule has 0 aliphatic heterocycles. The maximum absolute atomic E-state index is 12.2. The van der Waals surface area contributed by atoms with E-state index in [1.54, 1.807) is 6.33 Å². The summed E-state index contributed by atoms with van der Waals surface area (Å²) in [6.07, 6.45) is 10.9. The van der Waals surface area contributed by atoms with Crippen molar-refractivity contribution in [3.8, 4) is 0 Å². The van der Waals surface area contributed by atoms with Crippen LogP contribution >= 0.6 is 0 Å².